The summed E-state index contributed by atoms with van der Waals surface area (Å²) >= 11 is 1.27. The van der Waals surface area contributed by atoms with Gasteiger partial charge in [0.25, 0.3) is 0 Å². The third kappa shape index (κ3) is 4.41. The van der Waals surface area contributed by atoms with E-state index < -0.39 is 0 Å². The summed E-state index contributed by atoms with van der Waals surface area (Å²) in [5.41, 5.74) is 5.31. The number of hydrogen-bond acceptors (Lipinski definition) is 7. The molecular weight excluding hydrogens is 394 g/mol. The van der Waals surface area contributed by atoms with Crippen LogP contribution >= 0.6 is 11.8 Å². The zero-order valence-corrected chi connectivity index (χ0v) is 17.4. The van der Waals surface area contributed by atoms with Crippen molar-refractivity contribution in [3.63, 3.8) is 0 Å². The first-order valence-electron chi connectivity index (χ1n) is 9.42. The Morgan fingerprint density at radius 2 is 1.57 bits per heavy atom. The Balaban J connectivity index is 1.62. The number of pyridine rings is 2. The Labute approximate surface area is 178 Å². The molecule has 0 aliphatic heterocycles. The van der Waals surface area contributed by atoms with Crippen LogP contribution in [-0.4, -0.2) is 36.7 Å². The fraction of sp³-hybridized carbons (Fsp3) is 0.130. The van der Waals surface area contributed by atoms with E-state index in [0.29, 0.717) is 27.9 Å². The first kappa shape index (κ1) is 19.8. The molecule has 0 spiro atoms. The lowest BCUT2D eigenvalue weighted by molar-refractivity contribution is 0.102. The molecule has 0 unspecified atom stereocenters. The van der Waals surface area contributed by atoms with Gasteiger partial charge in [0.15, 0.2) is 5.78 Å². The predicted molar refractivity (Wildman–Crippen MR) is 117 cm³/mol. The molecule has 3 heterocycles. The summed E-state index contributed by atoms with van der Waals surface area (Å²) in [4.78, 5) is 26.1. The number of carbonyl (C=O) groups is 1. The maximum Gasteiger partial charge on any atom is 0.210 e. The minimum atomic E-state index is 0.0364. The van der Waals surface area contributed by atoms with Gasteiger partial charge in [-0.2, -0.15) is 0 Å². The third-order valence-electron chi connectivity index (χ3n) is 4.50. The van der Waals surface area contributed by atoms with Crippen molar-refractivity contribution in [2.75, 3.05) is 5.75 Å². The number of hydrogen-bond donors (Lipinski definition) is 0. The van der Waals surface area contributed by atoms with E-state index in [1.54, 1.807) is 12.4 Å². The van der Waals surface area contributed by atoms with Gasteiger partial charge in [0, 0.05) is 18.0 Å². The fourth-order valence-electron chi connectivity index (χ4n) is 3.06. The Morgan fingerprint density at radius 3 is 2.20 bits per heavy atom. The summed E-state index contributed by atoms with van der Waals surface area (Å²) in [6.45, 7) is 3.96. The fourth-order valence-corrected chi connectivity index (χ4v) is 3.73. The monoisotopic (exact) mass is 413 g/mol. The summed E-state index contributed by atoms with van der Waals surface area (Å²) < 4.78 is 0. The first-order chi connectivity index (χ1) is 14.6. The minimum absolute atomic E-state index is 0.0364. The van der Waals surface area contributed by atoms with Gasteiger partial charge in [-0.05, 0) is 43.7 Å². The van der Waals surface area contributed by atoms with E-state index in [-0.39, 0.29) is 11.5 Å². The molecule has 148 valence electrons. The molecule has 4 rings (SSSR count). The quantitative estimate of drug-likeness (QED) is 0.338. The number of rotatable bonds is 6. The zero-order valence-electron chi connectivity index (χ0n) is 16.6. The molecule has 1 aromatic carbocycles. The van der Waals surface area contributed by atoms with Crippen LogP contribution in [0.4, 0.5) is 0 Å². The van der Waals surface area contributed by atoms with E-state index in [1.165, 1.54) is 11.8 Å². The summed E-state index contributed by atoms with van der Waals surface area (Å²) in [6.07, 6.45) is 3.40. The molecule has 0 atom stereocenters. The Bertz CT molecular complexity index is 1180. The summed E-state index contributed by atoms with van der Waals surface area (Å²) in [5, 5.41) is 9.01. The SMILES string of the molecule is Cc1ccc(C(=O)CSc2nnc(-c3ccccn3)c(-c3ccccn3)n2)c(C)c1. The molecule has 30 heavy (non-hydrogen) atoms. The number of benzene rings is 1. The number of thioether (sulfide) groups is 1. The lowest BCUT2D eigenvalue weighted by Crippen LogP contribution is -2.07. The number of carbonyl (C=O) groups excluding carboxylic acids is 1. The number of nitrogens with zero attached hydrogens (tertiary/aromatic N) is 5. The normalized spacial score (nSPS) is 10.7. The standard InChI is InChI=1S/C23H19N5OS/c1-15-9-10-17(16(2)13-15)20(29)14-30-23-26-21(18-7-3-5-11-24-18)22(27-28-23)19-8-4-6-12-25-19/h3-13H,14H2,1-2H3. The molecule has 0 radical (unpaired) electrons. The highest BCUT2D eigenvalue weighted by Gasteiger charge is 2.17. The molecule has 0 N–H and O–H groups in total. The van der Waals surface area contributed by atoms with E-state index in [2.05, 4.69) is 25.1 Å². The van der Waals surface area contributed by atoms with E-state index >= 15 is 0 Å². The lowest BCUT2D eigenvalue weighted by atomic mass is 10.0. The van der Waals surface area contributed by atoms with Gasteiger partial charge in [0.1, 0.15) is 11.4 Å². The lowest BCUT2D eigenvalue weighted by Gasteiger charge is -2.08. The van der Waals surface area contributed by atoms with Crippen LogP contribution in [0.2, 0.25) is 0 Å². The van der Waals surface area contributed by atoms with E-state index in [4.69, 9.17) is 0 Å². The molecule has 0 aliphatic carbocycles. The number of ketones is 1. The van der Waals surface area contributed by atoms with Crippen molar-refractivity contribution in [2.24, 2.45) is 0 Å². The van der Waals surface area contributed by atoms with Crippen molar-refractivity contribution in [3.05, 3.63) is 83.7 Å². The Hall–Kier alpha value is -3.45. The van der Waals surface area contributed by atoms with Crippen molar-refractivity contribution in [3.8, 4) is 22.8 Å². The first-order valence-corrected chi connectivity index (χ1v) is 10.4. The van der Waals surface area contributed by atoms with Crippen molar-refractivity contribution < 1.29 is 4.79 Å². The summed E-state index contributed by atoms with van der Waals surface area (Å²) in [7, 11) is 0. The van der Waals surface area contributed by atoms with E-state index in [9.17, 15) is 4.79 Å². The smallest absolute Gasteiger partial charge is 0.210 e. The second kappa shape index (κ2) is 8.92. The number of aryl methyl sites for hydroxylation is 2. The second-order valence-corrected chi connectivity index (χ2v) is 7.69. The maximum atomic E-state index is 12.7. The zero-order chi connectivity index (χ0) is 20.9. The van der Waals surface area contributed by atoms with Crippen LogP contribution in [0.5, 0.6) is 0 Å². The summed E-state index contributed by atoms with van der Waals surface area (Å²) in [6, 6.07) is 17.0. The molecule has 3 aromatic heterocycles. The Kier molecular flexibility index (Phi) is 5.90. The van der Waals surface area contributed by atoms with Gasteiger partial charge in [0.05, 0.1) is 17.1 Å². The van der Waals surface area contributed by atoms with Crippen LogP contribution in [-0.2, 0) is 0 Å². The number of aromatic nitrogens is 5. The topological polar surface area (TPSA) is 81.5 Å². The largest absolute Gasteiger partial charge is 0.293 e. The van der Waals surface area contributed by atoms with Gasteiger partial charge in [-0.15, -0.1) is 10.2 Å². The van der Waals surface area contributed by atoms with E-state index in [1.807, 2.05) is 68.4 Å². The van der Waals surface area contributed by atoms with Crippen LogP contribution in [0, 0.1) is 13.8 Å². The van der Waals surface area contributed by atoms with Gasteiger partial charge >= 0.3 is 0 Å². The molecule has 0 amide bonds. The van der Waals surface area contributed by atoms with E-state index in [0.717, 1.165) is 16.7 Å². The number of Topliss-reactive ketones (excluding diaryl/α,β-unsaturated/α-hetero) is 1. The third-order valence-corrected chi connectivity index (χ3v) is 5.33. The van der Waals surface area contributed by atoms with Crippen molar-refractivity contribution in [1.29, 1.82) is 0 Å². The molecule has 4 aromatic rings. The minimum Gasteiger partial charge on any atom is -0.293 e. The molecule has 6 nitrogen and oxygen atoms in total. The van der Waals surface area contributed by atoms with Crippen LogP contribution in [0.1, 0.15) is 21.5 Å². The highest BCUT2D eigenvalue weighted by atomic mass is 32.2. The molecule has 7 heteroatoms. The van der Waals surface area contributed by atoms with Gasteiger partial charge in [-0.1, -0.05) is 47.7 Å². The molecule has 0 saturated carbocycles. The molecule has 0 aliphatic rings. The van der Waals surface area contributed by atoms with Crippen LogP contribution in [0.25, 0.3) is 22.8 Å². The van der Waals surface area contributed by atoms with Gasteiger partial charge < -0.3 is 0 Å². The molecule has 0 bridgehead atoms. The maximum absolute atomic E-state index is 12.7. The van der Waals surface area contributed by atoms with Crippen LogP contribution < -0.4 is 0 Å². The van der Waals surface area contributed by atoms with Crippen molar-refractivity contribution >= 4 is 17.5 Å². The van der Waals surface area contributed by atoms with Crippen LogP contribution in [0.15, 0.2) is 72.1 Å². The average molecular weight is 414 g/mol. The molecule has 0 saturated heterocycles. The van der Waals surface area contributed by atoms with Crippen LogP contribution in [0.3, 0.4) is 0 Å². The van der Waals surface area contributed by atoms with Gasteiger partial charge in [-0.25, -0.2) is 4.98 Å². The van der Waals surface area contributed by atoms with Gasteiger partial charge in [-0.3, -0.25) is 14.8 Å². The van der Waals surface area contributed by atoms with Crippen molar-refractivity contribution in [1.82, 2.24) is 25.1 Å². The summed E-state index contributed by atoms with van der Waals surface area (Å²) in [5.74, 6) is 0.269. The average Bonchev–Trinajstić information content (AvgIpc) is 2.78. The second-order valence-electron chi connectivity index (χ2n) is 6.75. The van der Waals surface area contributed by atoms with Crippen molar-refractivity contribution in [2.45, 2.75) is 19.0 Å². The highest BCUT2D eigenvalue weighted by molar-refractivity contribution is 7.99. The molecular formula is C23H19N5OS. The van der Waals surface area contributed by atoms with Gasteiger partial charge in [0.2, 0.25) is 5.16 Å². The highest BCUT2D eigenvalue weighted by Crippen LogP contribution is 2.27. The Morgan fingerprint density at radius 1 is 0.867 bits per heavy atom. The predicted octanol–water partition coefficient (Wildman–Crippen LogP) is 4.59. The molecule has 0 fully saturated rings.